The Kier molecular flexibility index (Phi) is 4.96. The first-order valence-corrected chi connectivity index (χ1v) is 7.28. The van der Waals surface area contributed by atoms with Crippen LogP contribution in [0.5, 0.6) is 0 Å². The third-order valence-electron chi connectivity index (χ3n) is 3.61. The first-order chi connectivity index (χ1) is 9.93. The van der Waals surface area contributed by atoms with E-state index in [4.69, 9.17) is 16.1 Å². The second-order valence-corrected chi connectivity index (χ2v) is 5.83. The number of hydrogen-bond acceptors (Lipinski definition) is 4. The lowest BCUT2D eigenvalue weighted by Gasteiger charge is -2.23. The van der Waals surface area contributed by atoms with Crippen LogP contribution in [-0.4, -0.2) is 23.2 Å². The van der Waals surface area contributed by atoms with E-state index in [2.05, 4.69) is 36.2 Å². The van der Waals surface area contributed by atoms with Gasteiger partial charge in [0.05, 0.1) is 10.9 Å². The highest BCUT2D eigenvalue weighted by molar-refractivity contribution is 6.33. The zero-order valence-corrected chi connectivity index (χ0v) is 13.3. The van der Waals surface area contributed by atoms with E-state index in [1.54, 1.807) is 6.07 Å². The summed E-state index contributed by atoms with van der Waals surface area (Å²) in [7, 11) is 1.90. The molecule has 114 valence electrons. The molecule has 21 heavy (non-hydrogen) atoms. The van der Waals surface area contributed by atoms with Gasteiger partial charge in [-0.1, -0.05) is 30.6 Å². The number of aromatic nitrogens is 2. The van der Waals surface area contributed by atoms with Crippen molar-refractivity contribution >= 4 is 11.6 Å². The third kappa shape index (κ3) is 3.41. The van der Waals surface area contributed by atoms with E-state index in [1.165, 1.54) is 12.1 Å². The van der Waals surface area contributed by atoms with Crippen LogP contribution in [0.4, 0.5) is 4.39 Å². The van der Waals surface area contributed by atoms with E-state index < -0.39 is 5.82 Å². The van der Waals surface area contributed by atoms with Crippen LogP contribution in [0.1, 0.15) is 32.6 Å². The molecule has 0 aliphatic rings. The average Bonchev–Trinajstić information content (AvgIpc) is 2.87. The maximum Gasteiger partial charge on any atom is 0.231 e. The SMILES string of the molecule is CNC(C)C(c1nc(-c2ccc(F)cc2Cl)no1)C(C)C. The summed E-state index contributed by atoms with van der Waals surface area (Å²) in [6, 6.07) is 4.32. The van der Waals surface area contributed by atoms with Gasteiger partial charge in [0.15, 0.2) is 0 Å². The zero-order chi connectivity index (χ0) is 15.6. The number of benzene rings is 1. The lowest BCUT2D eigenvalue weighted by Crippen LogP contribution is -2.32. The lowest BCUT2D eigenvalue weighted by atomic mass is 9.89. The van der Waals surface area contributed by atoms with E-state index in [-0.39, 0.29) is 17.0 Å². The molecule has 0 fully saturated rings. The summed E-state index contributed by atoms with van der Waals surface area (Å²) in [6.45, 7) is 6.28. The van der Waals surface area contributed by atoms with Gasteiger partial charge in [0.25, 0.3) is 0 Å². The predicted octanol–water partition coefficient (Wildman–Crippen LogP) is 3.88. The van der Waals surface area contributed by atoms with Crippen molar-refractivity contribution in [3.63, 3.8) is 0 Å². The minimum absolute atomic E-state index is 0.0930. The van der Waals surface area contributed by atoms with Gasteiger partial charge < -0.3 is 9.84 Å². The van der Waals surface area contributed by atoms with Gasteiger partial charge in [-0.05, 0) is 38.1 Å². The van der Waals surface area contributed by atoms with Crippen LogP contribution >= 0.6 is 11.6 Å². The Labute approximate surface area is 128 Å². The molecule has 0 saturated heterocycles. The summed E-state index contributed by atoms with van der Waals surface area (Å²) in [5.41, 5.74) is 0.563. The molecule has 0 bridgehead atoms. The second kappa shape index (κ2) is 6.54. The Hall–Kier alpha value is -1.46. The summed E-state index contributed by atoms with van der Waals surface area (Å²) in [5, 5.41) is 7.45. The highest BCUT2D eigenvalue weighted by Crippen LogP contribution is 2.31. The van der Waals surface area contributed by atoms with Gasteiger partial charge in [-0.25, -0.2) is 4.39 Å². The molecule has 0 saturated carbocycles. The fourth-order valence-corrected chi connectivity index (χ4v) is 2.66. The average molecular weight is 312 g/mol. The largest absolute Gasteiger partial charge is 0.339 e. The topological polar surface area (TPSA) is 51.0 Å². The van der Waals surface area contributed by atoms with Crippen LogP contribution in [0.3, 0.4) is 0 Å². The normalized spacial score (nSPS) is 14.4. The monoisotopic (exact) mass is 311 g/mol. The summed E-state index contributed by atoms with van der Waals surface area (Å²) in [4.78, 5) is 4.44. The fourth-order valence-electron chi connectivity index (χ4n) is 2.41. The highest BCUT2D eigenvalue weighted by atomic mass is 35.5. The van der Waals surface area contributed by atoms with Crippen molar-refractivity contribution in [1.82, 2.24) is 15.5 Å². The number of nitrogens with one attached hydrogen (secondary N) is 1. The predicted molar refractivity (Wildman–Crippen MR) is 80.8 cm³/mol. The van der Waals surface area contributed by atoms with Crippen molar-refractivity contribution in [1.29, 1.82) is 0 Å². The maximum absolute atomic E-state index is 13.1. The van der Waals surface area contributed by atoms with Crippen molar-refractivity contribution in [2.75, 3.05) is 7.05 Å². The minimum Gasteiger partial charge on any atom is -0.339 e. The van der Waals surface area contributed by atoms with Crippen LogP contribution in [0.15, 0.2) is 22.7 Å². The van der Waals surface area contributed by atoms with E-state index in [1.807, 2.05) is 7.05 Å². The molecule has 2 unspecified atom stereocenters. The van der Waals surface area contributed by atoms with Crippen molar-refractivity contribution in [3.8, 4) is 11.4 Å². The molecule has 2 rings (SSSR count). The van der Waals surface area contributed by atoms with Gasteiger partial charge in [0, 0.05) is 11.6 Å². The number of hydrogen-bond donors (Lipinski definition) is 1. The quantitative estimate of drug-likeness (QED) is 0.910. The molecule has 2 atom stereocenters. The van der Waals surface area contributed by atoms with Crippen LogP contribution in [0.25, 0.3) is 11.4 Å². The number of likely N-dealkylation sites (N-methyl/N-ethyl adjacent to an activating group) is 1. The molecule has 2 aromatic rings. The summed E-state index contributed by atoms with van der Waals surface area (Å²) < 4.78 is 18.5. The minimum atomic E-state index is -0.392. The van der Waals surface area contributed by atoms with Gasteiger partial charge in [0.2, 0.25) is 11.7 Å². The smallest absolute Gasteiger partial charge is 0.231 e. The number of halogens is 2. The van der Waals surface area contributed by atoms with Crippen LogP contribution in [-0.2, 0) is 0 Å². The summed E-state index contributed by atoms with van der Waals surface area (Å²) in [6.07, 6.45) is 0. The van der Waals surface area contributed by atoms with Crippen LogP contribution in [0, 0.1) is 11.7 Å². The molecular formula is C15H19ClFN3O. The zero-order valence-electron chi connectivity index (χ0n) is 12.5. The molecule has 1 aromatic heterocycles. The van der Waals surface area contributed by atoms with E-state index >= 15 is 0 Å². The molecule has 1 N–H and O–H groups in total. The second-order valence-electron chi connectivity index (χ2n) is 5.43. The van der Waals surface area contributed by atoms with Gasteiger partial charge in [-0.3, -0.25) is 0 Å². The number of rotatable bonds is 5. The molecule has 1 heterocycles. The summed E-state index contributed by atoms with van der Waals surface area (Å²) >= 11 is 6.03. The van der Waals surface area contributed by atoms with Gasteiger partial charge >= 0.3 is 0 Å². The maximum atomic E-state index is 13.1. The van der Waals surface area contributed by atoms with E-state index in [0.717, 1.165) is 0 Å². The molecule has 0 aliphatic heterocycles. The van der Waals surface area contributed by atoms with Crippen molar-refractivity contribution in [2.24, 2.45) is 5.92 Å². The molecular weight excluding hydrogens is 293 g/mol. The van der Waals surface area contributed by atoms with Crippen LogP contribution in [0.2, 0.25) is 5.02 Å². The van der Waals surface area contributed by atoms with E-state index in [9.17, 15) is 4.39 Å². The van der Waals surface area contributed by atoms with Crippen molar-refractivity contribution in [3.05, 3.63) is 34.9 Å². The Morgan fingerprint density at radius 3 is 2.57 bits per heavy atom. The van der Waals surface area contributed by atoms with Gasteiger partial charge in [-0.15, -0.1) is 0 Å². The Morgan fingerprint density at radius 2 is 2.00 bits per heavy atom. The molecule has 0 spiro atoms. The molecule has 0 amide bonds. The van der Waals surface area contributed by atoms with Crippen molar-refractivity contribution < 1.29 is 8.91 Å². The Bertz CT molecular complexity index is 615. The molecule has 0 radical (unpaired) electrons. The van der Waals surface area contributed by atoms with Gasteiger partial charge in [0.1, 0.15) is 5.82 Å². The van der Waals surface area contributed by atoms with Crippen molar-refractivity contribution in [2.45, 2.75) is 32.7 Å². The Balaban J connectivity index is 2.36. The molecule has 0 aliphatic carbocycles. The lowest BCUT2D eigenvalue weighted by molar-refractivity contribution is 0.286. The number of nitrogens with zero attached hydrogens (tertiary/aromatic N) is 2. The molecule has 1 aromatic carbocycles. The standard InChI is InChI=1S/C15H19ClFN3O/c1-8(2)13(9(3)18-4)15-19-14(20-21-15)11-6-5-10(17)7-12(11)16/h5-9,13,18H,1-4H3. The fraction of sp³-hybridized carbons (Fsp3) is 0.467. The Morgan fingerprint density at radius 1 is 1.29 bits per heavy atom. The first-order valence-electron chi connectivity index (χ1n) is 6.90. The first kappa shape index (κ1) is 15.9. The summed E-state index contributed by atoms with van der Waals surface area (Å²) in [5.74, 6) is 0.974. The molecule has 4 nitrogen and oxygen atoms in total. The van der Waals surface area contributed by atoms with Gasteiger partial charge in [-0.2, -0.15) is 4.98 Å². The third-order valence-corrected chi connectivity index (χ3v) is 3.92. The highest BCUT2D eigenvalue weighted by Gasteiger charge is 2.28. The van der Waals surface area contributed by atoms with Crippen LogP contribution < -0.4 is 5.32 Å². The molecule has 6 heteroatoms. The van der Waals surface area contributed by atoms with E-state index in [0.29, 0.717) is 23.2 Å².